The predicted octanol–water partition coefficient (Wildman–Crippen LogP) is 2.99. The van der Waals surface area contributed by atoms with Crippen molar-refractivity contribution >= 4 is 5.97 Å². The van der Waals surface area contributed by atoms with E-state index in [-0.39, 0.29) is 25.4 Å². The molecule has 3 nitrogen and oxygen atoms in total. The van der Waals surface area contributed by atoms with E-state index in [2.05, 4.69) is 0 Å². The van der Waals surface area contributed by atoms with Gasteiger partial charge in [0.15, 0.2) is 0 Å². The number of alkyl halides is 3. The lowest BCUT2D eigenvalue weighted by Crippen LogP contribution is -2.43. The number of carbonyl (C=O) groups excluding carboxylic acids is 1. The van der Waals surface area contributed by atoms with Crippen LogP contribution in [0.25, 0.3) is 0 Å². The zero-order chi connectivity index (χ0) is 14.4. The Labute approximate surface area is 106 Å². The van der Waals surface area contributed by atoms with E-state index in [0.29, 0.717) is 6.42 Å². The van der Waals surface area contributed by atoms with Crippen LogP contribution in [0.3, 0.4) is 0 Å². The molecule has 0 bridgehead atoms. The van der Waals surface area contributed by atoms with Gasteiger partial charge in [0.1, 0.15) is 0 Å². The maximum absolute atomic E-state index is 12.1. The Balaban J connectivity index is 4.39. The first-order valence-corrected chi connectivity index (χ1v) is 6.00. The van der Waals surface area contributed by atoms with Crippen LogP contribution in [-0.4, -0.2) is 43.3 Å². The molecule has 0 spiro atoms. The highest BCUT2D eigenvalue weighted by atomic mass is 19.4. The second kappa shape index (κ2) is 6.97. The second-order valence-corrected chi connectivity index (χ2v) is 4.84. The lowest BCUT2D eigenvalue weighted by atomic mass is 9.90. The van der Waals surface area contributed by atoms with E-state index in [0.717, 1.165) is 0 Å². The molecule has 1 unspecified atom stereocenters. The van der Waals surface area contributed by atoms with Crippen LogP contribution in [0.5, 0.6) is 0 Å². The van der Waals surface area contributed by atoms with Crippen molar-refractivity contribution in [2.24, 2.45) is 0 Å². The van der Waals surface area contributed by atoms with E-state index in [1.54, 1.807) is 32.8 Å². The topological polar surface area (TPSA) is 29.5 Å². The van der Waals surface area contributed by atoms with Gasteiger partial charge in [-0.1, -0.05) is 0 Å². The number of rotatable bonds is 7. The molecule has 108 valence electrons. The summed E-state index contributed by atoms with van der Waals surface area (Å²) in [5.74, 6) is -0.374. The van der Waals surface area contributed by atoms with Gasteiger partial charge in [0, 0.05) is 12.0 Å². The third-order valence-corrected chi connectivity index (χ3v) is 3.09. The fourth-order valence-corrected chi connectivity index (χ4v) is 1.66. The summed E-state index contributed by atoms with van der Waals surface area (Å²) in [6.07, 6.45) is -4.54. The van der Waals surface area contributed by atoms with Gasteiger partial charge < -0.3 is 9.64 Å². The van der Waals surface area contributed by atoms with E-state index in [1.165, 1.54) is 0 Å². The molecule has 0 rings (SSSR count). The van der Waals surface area contributed by atoms with E-state index < -0.39 is 18.1 Å². The molecule has 1 atom stereocenters. The molecule has 18 heavy (non-hydrogen) atoms. The van der Waals surface area contributed by atoms with Crippen LogP contribution >= 0.6 is 0 Å². The molecular weight excluding hydrogens is 247 g/mol. The number of ether oxygens (including phenoxy) is 1. The first-order chi connectivity index (χ1) is 8.10. The van der Waals surface area contributed by atoms with Gasteiger partial charge in [-0.05, 0) is 40.8 Å². The number of nitrogens with zero attached hydrogens (tertiary/aromatic N) is 1. The van der Waals surface area contributed by atoms with Crippen molar-refractivity contribution in [3.05, 3.63) is 0 Å². The number of carbonyl (C=O) groups is 1. The van der Waals surface area contributed by atoms with Crippen molar-refractivity contribution in [1.29, 1.82) is 0 Å². The molecule has 0 aliphatic rings. The van der Waals surface area contributed by atoms with Crippen LogP contribution in [0.2, 0.25) is 0 Å². The normalized spacial score (nSPS) is 15.6. The largest absolute Gasteiger partial charge is 0.466 e. The molecule has 0 saturated heterocycles. The molecule has 0 heterocycles. The summed E-state index contributed by atoms with van der Waals surface area (Å²) in [5.41, 5.74) is -0.600. The van der Waals surface area contributed by atoms with E-state index >= 15 is 0 Å². The molecular formula is C12H22F3NO2. The lowest BCUT2D eigenvalue weighted by molar-refractivity contribution is -0.146. The Bertz CT molecular complexity index is 267. The molecule has 0 aromatic rings. The van der Waals surface area contributed by atoms with Gasteiger partial charge in [-0.3, -0.25) is 4.79 Å². The third-order valence-electron chi connectivity index (χ3n) is 3.09. The van der Waals surface area contributed by atoms with Crippen molar-refractivity contribution in [1.82, 2.24) is 4.90 Å². The molecule has 6 heteroatoms. The van der Waals surface area contributed by atoms with E-state index in [9.17, 15) is 18.0 Å². The summed E-state index contributed by atoms with van der Waals surface area (Å²) < 4.78 is 41.2. The van der Waals surface area contributed by atoms with E-state index in [4.69, 9.17) is 4.74 Å². The Hall–Kier alpha value is -0.780. The maximum atomic E-state index is 12.1. The van der Waals surface area contributed by atoms with Crippen molar-refractivity contribution in [2.45, 2.75) is 51.2 Å². The Morgan fingerprint density at radius 2 is 1.78 bits per heavy atom. The van der Waals surface area contributed by atoms with Crippen molar-refractivity contribution in [3.63, 3.8) is 0 Å². The van der Waals surface area contributed by atoms with Crippen molar-refractivity contribution in [2.75, 3.05) is 20.7 Å². The number of hydrogen-bond donors (Lipinski definition) is 0. The fourth-order valence-electron chi connectivity index (χ4n) is 1.66. The van der Waals surface area contributed by atoms with Crippen LogP contribution in [0.15, 0.2) is 0 Å². The highest BCUT2D eigenvalue weighted by molar-refractivity contribution is 5.70. The van der Waals surface area contributed by atoms with Crippen LogP contribution < -0.4 is 0 Å². The Morgan fingerprint density at radius 3 is 2.17 bits per heavy atom. The Kier molecular flexibility index (Phi) is 6.67. The lowest BCUT2D eigenvalue weighted by Gasteiger charge is -2.36. The second-order valence-electron chi connectivity index (χ2n) is 4.84. The minimum absolute atomic E-state index is 0.0115. The first-order valence-electron chi connectivity index (χ1n) is 6.00. The molecule has 0 amide bonds. The minimum Gasteiger partial charge on any atom is -0.466 e. The van der Waals surface area contributed by atoms with Crippen molar-refractivity contribution < 1.29 is 22.7 Å². The van der Waals surface area contributed by atoms with E-state index in [1.807, 2.05) is 0 Å². The summed E-state index contributed by atoms with van der Waals surface area (Å²) in [6.45, 7) is 3.76. The van der Waals surface area contributed by atoms with Gasteiger partial charge in [0.25, 0.3) is 0 Å². The number of halogens is 3. The average molecular weight is 269 g/mol. The zero-order valence-corrected chi connectivity index (χ0v) is 11.4. The third kappa shape index (κ3) is 6.83. The van der Waals surface area contributed by atoms with Crippen LogP contribution in [0, 0.1) is 0 Å². The standard InChI is InChI=1S/C12H22F3NO2/c1-5-18-10(17)9-11(2,16(3)4)7-6-8-12(13,14)15/h5-9H2,1-4H3. The molecule has 0 saturated carbocycles. The molecule has 0 aromatic heterocycles. The van der Waals surface area contributed by atoms with Crippen LogP contribution in [0.1, 0.15) is 39.5 Å². The van der Waals surface area contributed by atoms with Gasteiger partial charge in [-0.2, -0.15) is 13.2 Å². The molecule has 0 fully saturated rings. The summed E-state index contributed by atoms with van der Waals surface area (Å²) >= 11 is 0. The minimum atomic E-state index is -4.14. The maximum Gasteiger partial charge on any atom is 0.389 e. The molecule has 0 N–H and O–H groups in total. The van der Waals surface area contributed by atoms with Gasteiger partial charge in [0.05, 0.1) is 13.0 Å². The molecule has 0 radical (unpaired) electrons. The van der Waals surface area contributed by atoms with Crippen LogP contribution in [0.4, 0.5) is 13.2 Å². The highest BCUT2D eigenvalue weighted by Gasteiger charge is 2.33. The number of esters is 1. The quantitative estimate of drug-likeness (QED) is 0.665. The summed E-state index contributed by atoms with van der Waals surface area (Å²) in [4.78, 5) is 13.2. The van der Waals surface area contributed by atoms with Gasteiger partial charge >= 0.3 is 12.1 Å². The zero-order valence-electron chi connectivity index (χ0n) is 11.4. The monoisotopic (exact) mass is 269 g/mol. The molecule has 0 aromatic carbocycles. The predicted molar refractivity (Wildman–Crippen MR) is 63.2 cm³/mol. The van der Waals surface area contributed by atoms with Crippen LogP contribution in [-0.2, 0) is 9.53 Å². The van der Waals surface area contributed by atoms with Gasteiger partial charge in [-0.25, -0.2) is 0 Å². The summed E-state index contributed by atoms with van der Waals surface area (Å²) in [5, 5.41) is 0. The first kappa shape index (κ1) is 17.2. The van der Waals surface area contributed by atoms with Gasteiger partial charge in [0.2, 0.25) is 0 Å². The average Bonchev–Trinajstić information content (AvgIpc) is 2.15. The molecule has 0 aliphatic carbocycles. The number of hydrogen-bond acceptors (Lipinski definition) is 3. The van der Waals surface area contributed by atoms with Gasteiger partial charge in [-0.15, -0.1) is 0 Å². The highest BCUT2D eigenvalue weighted by Crippen LogP contribution is 2.29. The smallest absolute Gasteiger partial charge is 0.389 e. The summed E-state index contributed by atoms with van der Waals surface area (Å²) in [6, 6.07) is 0. The SMILES string of the molecule is CCOC(=O)CC(C)(CCCC(F)(F)F)N(C)C. The van der Waals surface area contributed by atoms with Crippen molar-refractivity contribution in [3.8, 4) is 0 Å². The summed E-state index contributed by atoms with van der Waals surface area (Å²) in [7, 11) is 3.51. The Morgan fingerprint density at radius 1 is 1.22 bits per heavy atom. The fraction of sp³-hybridized carbons (Fsp3) is 0.917. The molecule has 0 aliphatic heterocycles.